The molecule has 0 rings (SSSR count). The molecule has 0 aliphatic rings. The van der Waals surface area contributed by atoms with Gasteiger partial charge in [0, 0.05) is 0 Å². The minimum Gasteiger partial charge on any atom is -0.306 e. The van der Waals surface area contributed by atoms with Crippen LogP contribution in [0.2, 0.25) is 0 Å². The van der Waals surface area contributed by atoms with Crippen molar-refractivity contribution >= 4 is 0 Å². The summed E-state index contributed by atoms with van der Waals surface area (Å²) in [7, 11) is 0. The molecule has 0 radical (unpaired) electrons. The summed E-state index contributed by atoms with van der Waals surface area (Å²) in [5, 5.41) is 0. The summed E-state index contributed by atoms with van der Waals surface area (Å²) < 4.78 is 0. The summed E-state index contributed by atoms with van der Waals surface area (Å²) in [5.74, 6) is 0. The van der Waals surface area contributed by atoms with Crippen molar-refractivity contribution in [2.75, 3.05) is 13.3 Å². The predicted octanol–water partition coefficient (Wildman–Crippen LogP) is 0.261. The summed E-state index contributed by atoms with van der Waals surface area (Å²) in [6.45, 7) is 2.76. The van der Waals surface area contributed by atoms with Crippen molar-refractivity contribution in [3.8, 4) is 0 Å². The number of nitrogens with two attached hydrogens (primary N) is 1. The molecule has 0 saturated heterocycles. The molecule has 7 heavy (non-hydrogen) atoms. The molecule has 0 aromatic rings. The van der Waals surface area contributed by atoms with E-state index in [1.54, 1.807) is 0 Å². The van der Waals surface area contributed by atoms with E-state index in [9.17, 15) is 0 Å². The number of hydrogen-bond donors (Lipinski definition) is 1. The van der Waals surface area contributed by atoms with Crippen molar-refractivity contribution in [2.24, 2.45) is 5.73 Å². The Hall–Kier alpha value is -0.120. The second-order valence-electron chi connectivity index (χ2n) is 1.11. The van der Waals surface area contributed by atoms with Crippen molar-refractivity contribution in [1.82, 2.24) is 0 Å². The van der Waals surface area contributed by atoms with Crippen LogP contribution in [0.3, 0.4) is 0 Å². The average molecular weight is 105 g/mol. The van der Waals surface area contributed by atoms with E-state index >= 15 is 0 Å². The van der Waals surface area contributed by atoms with Crippen molar-refractivity contribution < 1.29 is 9.78 Å². The van der Waals surface area contributed by atoms with Gasteiger partial charge in [-0.05, 0) is 6.42 Å². The van der Waals surface area contributed by atoms with E-state index in [4.69, 9.17) is 5.73 Å². The molecule has 3 nitrogen and oxygen atoms in total. The van der Waals surface area contributed by atoms with Crippen LogP contribution in [0, 0.1) is 0 Å². The number of hydrogen-bond acceptors (Lipinski definition) is 3. The smallest absolute Gasteiger partial charge is 0.130 e. The lowest BCUT2D eigenvalue weighted by atomic mass is 10.5. The van der Waals surface area contributed by atoms with Gasteiger partial charge in [-0.15, -0.1) is 0 Å². The fourth-order valence-electron chi connectivity index (χ4n) is 0.190. The minimum absolute atomic E-state index is 0.139. The van der Waals surface area contributed by atoms with Gasteiger partial charge in [0.1, 0.15) is 6.73 Å². The molecule has 0 atom stereocenters. The largest absolute Gasteiger partial charge is 0.306 e. The van der Waals surface area contributed by atoms with Crippen LogP contribution < -0.4 is 5.73 Å². The van der Waals surface area contributed by atoms with Gasteiger partial charge in [0.15, 0.2) is 0 Å². The molecular weight excluding hydrogens is 94.0 g/mol. The SMILES string of the molecule is CCCOOCN. The first-order valence-corrected chi connectivity index (χ1v) is 2.36. The zero-order chi connectivity index (χ0) is 5.54. The van der Waals surface area contributed by atoms with Crippen LogP contribution in [0.4, 0.5) is 0 Å². The van der Waals surface area contributed by atoms with Gasteiger partial charge in [-0.25, -0.2) is 9.78 Å². The molecule has 44 valence electrons. The summed E-state index contributed by atoms with van der Waals surface area (Å²) >= 11 is 0. The van der Waals surface area contributed by atoms with Gasteiger partial charge in [-0.3, -0.25) is 0 Å². The van der Waals surface area contributed by atoms with Crippen molar-refractivity contribution in [3.05, 3.63) is 0 Å². The summed E-state index contributed by atoms with van der Waals surface area (Å²) in [6.07, 6.45) is 0.958. The molecule has 0 saturated carbocycles. The molecule has 0 amide bonds. The highest BCUT2D eigenvalue weighted by atomic mass is 17.2. The Morgan fingerprint density at radius 3 is 2.57 bits per heavy atom. The quantitative estimate of drug-likeness (QED) is 0.241. The number of rotatable bonds is 4. The summed E-state index contributed by atoms with van der Waals surface area (Å²) in [5.41, 5.74) is 4.92. The van der Waals surface area contributed by atoms with E-state index in [0.717, 1.165) is 6.42 Å². The van der Waals surface area contributed by atoms with Crippen LogP contribution in [-0.2, 0) is 9.78 Å². The molecule has 0 aliphatic carbocycles. The van der Waals surface area contributed by atoms with E-state index in [1.807, 2.05) is 6.92 Å². The molecule has 0 unspecified atom stereocenters. The van der Waals surface area contributed by atoms with Gasteiger partial charge in [-0.2, -0.15) is 0 Å². The highest BCUT2D eigenvalue weighted by Gasteiger charge is 1.77. The average Bonchev–Trinajstić information content (AvgIpc) is 1.69. The van der Waals surface area contributed by atoms with E-state index in [-0.39, 0.29) is 6.73 Å². The molecular formula is C4H11NO2. The Labute approximate surface area is 43.3 Å². The molecule has 0 bridgehead atoms. The highest BCUT2D eigenvalue weighted by Crippen LogP contribution is 1.77. The summed E-state index contributed by atoms with van der Waals surface area (Å²) in [6, 6.07) is 0. The van der Waals surface area contributed by atoms with E-state index in [2.05, 4.69) is 9.78 Å². The van der Waals surface area contributed by atoms with Crippen molar-refractivity contribution in [2.45, 2.75) is 13.3 Å². The Morgan fingerprint density at radius 1 is 1.43 bits per heavy atom. The fraction of sp³-hybridized carbons (Fsp3) is 1.00. The van der Waals surface area contributed by atoms with Crippen LogP contribution in [-0.4, -0.2) is 13.3 Å². The third-order valence-electron chi connectivity index (χ3n) is 0.439. The van der Waals surface area contributed by atoms with Crippen LogP contribution in [0.1, 0.15) is 13.3 Å². The van der Waals surface area contributed by atoms with Gasteiger partial charge in [0.05, 0.1) is 6.61 Å². The topological polar surface area (TPSA) is 44.5 Å². The lowest BCUT2D eigenvalue weighted by Crippen LogP contribution is -2.05. The Kier molecular flexibility index (Phi) is 5.78. The molecule has 3 heteroatoms. The Bertz CT molecular complexity index is 28.9. The first-order valence-electron chi connectivity index (χ1n) is 2.36. The Morgan fingerprint density at radius 2 is 2.14 bits per heavy atom. The normalized spacial score (nSPS) is 9.43. The predicted molar refractivity (Wildman–Crippen MR) is 26.4 cm³/mol. The maximum atomic E-state index is 4.92. The van der Waals surface area contributed by atoms with Gasteiger partial charge in [0.25, 0.3) is 0 Å². The monoisotopic (exact) mass is 105 g/mol. The molecule has 0 spiro atoms. The molecule has 0 aromatic carbocycles. The van der Waals surface area contributed by atoms with E-state index < -0.39 is 0 Å². The van der Waals surface area contributed by atoms with Crippen molar-refractivity contribution in [3.63, 3.8) is 0 Å². The Balaban J connectivity index is 2.45. The zero-order valence-corrected chi connectivity index (χ0v) is 4.52. The van der Waals surface area contributed by atoms with Gasteiger partial charge in [0.2, 0.25) is 0 Å². The highest BCUT2D eigenvalue weighted by molar-refractivity contribution is 4.14. The zero-order valence-electron chi connectivity index (χ0n) is 4.52. The standard InChI is InChI=1S/C4H11NO2/c1-2-3-6-7-4-5/h2-5H2,1H3. The van der Waals surface area contributed by atoms with Crippen LogP contribution in [0.5, 0.6) is 0 Å². The molecule has 0 aromatic heterocycles. The van der Waals surface area contributed by atoms with Gasteiger partial charge < -0.3 is 5.73 Å². The third kappa shape index (κ3) is 5.88. The summed E-state index contributed by atoms with van der Waals surface area (Å²) in [4.78, 5) is 8.86. The lowest BCUT2D eigenvalue weighted by molar-refractivity contribution is -0.292. The maximum absolute atomic E-state index is 4.92. The molecule has 0 fully saturated rings. The minimum atomic E-state index is 0.139. The third-order valence-corrected chi connectivity index (χ3v) is 0.439. The van der Waals surface area contributed by atoms with Gasteiger partial charge >= 0.3 is 0 Å². The van der Waals surface area contributed by atoms with E-state index in [1.165, 1.54) is 0 Å². The molecule has 2 N–H and O–H groups in total. The second-order valence-corrected chi connectivity index (χ2v) is 1.11. The van der Waals surface area contributed by atoms with Crippen LogP contribution in [0.25, 0.3) is 0 Å². The first-order chi connectivity index (χ1) is 3.41. The lowest BCUT2D eigenvalue weighted by Gasteiger charge is -1.95. The first kappa shape index (κ1) is 6.88. The molecule has 0 heterocycles. The van der Waals surface area contributed by atoms with Crippen molar-refractivity contribution in [1.29, 1.82) is 0 Å². The molecule has 0 aliphatic heterocycles. The fourth-order valence-corrected chi connectivity index (χ4v) is 0.190. The maximum Gasteiger partial charge on any atom is 0.130 e. The van der Waals surface area contributed by atoms with Crippen LogP contribution in [0.15, 0.2) is 0 Å². The second kappa shape index (κ2) is 5.88. The van der Waals surface area contributed by atoms with Gasteiger partial charge in [-0.1, -0.05) is 6.92 Å². The van der Waals surface area contributed by atoms with E-state index in [0.29, 0.717) is 6.61 Å². The van der Waals surface area contributed by atoms with Crippen LogP contribution >= 0.6 is 0 Å².